The van der Waals surface area contributed by atoms with E-state index in [2.05, 4.69) is 101 Å². The first kappa shape index (κ1) is 22.4. The normalized spacial score (nSPS) is 6.13. The van der Waals surface area contributed by atoms with Crippen LogP contribution in [0, 0.1) is 107 Å². The lowest BCUT2D eigenvalue weighted by Gasteiger charge is -2.06. The Kier molecular flexibility index (Phi) is 11.6. The predicted octanol–water partition coefficient (Wildman–Crippen LogP) is 1.23. The molecule has 136 valence electrons. The quantitative estimate of drug-likeness (QED) is 0.579. The Morgan fingerprint density at radius 2 is 1.23 bits per heavy atom. The molecule has 0 aliphatic heterocycles. The number of carbonyl (C=O) groups is 1. The van der Waals surface area contributed by atoms with Gasteiger partial charge in [0.2, 0.25) is 0 Å². The Hall–Kier alpha value is -5.67. The summed E-state index contributed by atoms with van der Waals surface area (Å²) in [6.45, 7) is 0.313. The fourth-order valence-corrected chi connectivity index (χ4v) is 1.41. The van der Waals surface area contributed by atoms with Crippen LogP contribution in [0.3, 0.4) is 0 Å². The molecule has 0 N–H and O–H groups in total. The molecule has 0 aliphatic rings. The number of methoxy groups -OCH3 is 1. The van der Waals surface area contributed by atoms with Crippen LogP contribution in [0.1, 0.15) is 0 Å². The first-order chi connectivity index (χ1) is 14.8. The van der Waals surface area contributed by atoms with Gasteiger partial charge in [-0.05, 0) is 59.5 Å². The van der Waals surface area contributed by atoms with Crippen LogP contribution in [-0.4, -0.2) is 13.6 Å². The fourth-order valence-electron chi connectivity index (χ4n) is 1.41. The topological polar surface area (TPSA) is 44.8 Å². The summed E-state index contributed by atoms with van der Waals surface area (Å²) in [5, 5.41) is 0. The molecule has 0 fully saturated rings. The van der Waals surface area contributed by atoms with E-state index in [0.717, 1.165) is 0 Å². The van der Waals surface area contributed by atoms with Crippen molar-refractivity contribution in [1.82, 2.24) is 0 Å². The molecule has 0 saturated heterocycles. The Labute approximate surface area is 175 Å². The second-order valence-electron chi connectivity index (χ2n) is 4.25. The van der Waals surface area contributed by atoms with E-state index in [0.29, 0.717) is 23.7 Å². The van der Waals surface area contributed by atoms with Crippen molar-refractivity contribution in [3.63, 3.8) is 0 Å². The molecule has 0 spiro atoms. The van der Waals surface area contributed by atoms with Gasteiger partial charge in [-0.25, -0.2) is 0 Å². The number of benzene rings is 1. The van der Waals surface area contributed by atoms with Crippen LogP contribution in [0.15, 0.2) is 18.2 Å². The number of terminal acetylenes is 1. The minimum absolute atomic E-state index is 0.313. The second kappa shape index (κ2) is 15.6. The van der Waals surface area contributed by atoms with Crippen LogP contribution in [0.4, 0.5) is 0 Å². The predicted molar refractivity (Wildman–Crippen MR) is 111 cm³/mol. The number of hydrogen-bond acceptors (Lipinski definition) is 4. The van der Waals surface area contributed by atoms with Crippen molar-refractivity contribution in [2.75, 3.05) is 7.11 Å². The van der Waals surface area contributed by atoms with Gasteiger partial charge in [-0.15, -0.1) is 6.42 Å². The summed E-state index contributed by atoms with van der Waals surface area (Å²) in [6.07, 6.45) is 7.31. The number of hydrogen-bond donors (Lipinski definition) is 0. The van der Waals surface area contributed by atoms with Gasteiger partial charge in [-0.3, -0.25) is 4.79 Å². The molecule has 0 unspecified atom stereocenters. The highest BCUT2D eigenvalue weighted by atomic mass is 16.5. The maximum Gasteiger partial charge on any atom is 0.298 e. The first-order valence-electron chi connectivity index (χ1n) is 7.72. The van der Waals surface area contributed by atoms with Crippen molar-refractivity contribution in [3.05, 3.63) is 18.2 Å². The molecule has 4 heteroatoms. The lowest BCUT2D eigenvalue weighted by molar-refractivity contribution is -0.120. The molecule has 0 saturated carbocycles. The number of carbonyl (C=O) groups excluding carboxylic acids is 1. The second-order valence-corrected chi connectivity index (χ2v) is 4.25. The maximum atomic E-state index is 10.3. The van der Waals surface area contributed by atoms with E-state index in [1.165, 1.54) is 19.2 Å². The summed E-state index contributed by atoms with van der Waals surface area (Å²) < 4.78 is 15.0. The molecule has 0 heterocycles. The Morgan fingerprint density at radius 3 is 1.70 bits per heavy atom. The zero-order chi connectivity index (χ0) is 21.7. The number of ether oxygens (including phenoxy) is 3. The highest BCUT2D eigenvalue weighted by molar-refractivity contribution is 5.51. The van der Waals surface area contributed by atoms with Gasteiger partial charge in [0.05, 0.1) is 7.11 Å². The maximum absolute atomic E-state index is 10.3. The first-order valence-corrected chi connectivity index (χ1v) is 7.72. The van der Waals surface area contributed by atoms with Gasteiger partial charge >= 0.3 is 0 Å². The van der Waals surface area contributed by atoms with Crippen LogP contribution in [-0.2, 0) is 4.79 Å². The molecule has 0 radical (unpaired) electrons. The summed E-state index contributed by atoms with van der Waals surface area (Å²) in [5.41, 5.74) is 0. The average molecular weight is 384 g/mol. The van der Waals surface area contributed by atoms with Crippen molar-refractivity contribution in [2.24, 2.45) is 0 Å². The molecule has 0 amide bonds. The molecule has 4 nitrogen and oxygen atoms in total. The van der Waals surface area contributed by atoms with Gasteiger partial charge in [-0.1, -0.05) is 0 Å². The van der Waals surface area contributed by atoms with E-state index >= 15 is 0 Å². The standard InChI is InChI=1S/C26H8O4/c1-3-4-5-6-7-8-9-10-11-12-13-14-15-16-17-18-21-29-25-20-19-24(30-23-27)22-26(25)28-2/h1,19-20,22-23H,2H3. The van der Waals surface area contributed by atoms with Crippen molar-refractivity contribution in [2.45, 2.75) is 0 Å². The van der Waals surface area contributed by atoms with Crippen molar-refractivity contribution < 1.29 is 19.0 Å². The third-order valence-corrected chi connectivity index (χ3v) is 2.48. The largest absolute Gasteiger partial charge is 0.493 e. The molecule has 1 aromatic carbocycles. The van der Waals surface area contributed by atoms with Crippen LogP contribution >= 0.6 is 0 Å². The van der Waals surface area contributed by atoms with Crippen molar-refractivity contribution >= 4 is 6.47 Å². The van der Waals surface area contributed by atoms with Gasteiger partial charge in [-0.2, -0.15) is 0 Å². The summed E-state index contributed by atoms with van der Waals surface area (Å²) >= 11 is 0. The lowest BCUT2D eigenvalue weighted by atomic mass is 10.3. The highest BCUT2D eigenvalue weighted by Gasteiger charge is 2.05. The molecule has 0 bridgehead atoms. The van der Waals surface area contributed by atoms with E-state index < -0.39 is 0 Å². The molecular weight excluding hydrogens is 376 g/mol. The average Bonchev–Trinajstić information content (AvgIpc) is 2.76. The van der Waals surface area contributed by atoms with Gasteiger partial charge < -0.3 is 14.2 Å². The molecule has 0 aromatic heterocycles. The third kappa shape index (κ3) is 10.4. The van der Waals surface area contributed by atoms with E-state index in [4.69, 9.17) is 20.6 Å². The lowest BCUT2D eigenvalue weighted by Crippen LogP contribution is -1.93. The van der Waals surface area contributed by atoms with E-state index in [-0.39, 0.29) is 0 Å². The zero-order valence-corrected chi connectivity index (χ0v) is 15.5. The smallest absolute Gasteiger partial charge is 0.298 e. The van der Waals surface area contributed by atoms with E-state index in [9.17, 15) is 4.79 Å². The van der Waals surface area contributed by atoms with Gasteiger partial charge in [0.15, 0.2) is 11.5 Å². The highest BCUT2D eigenvalue weighted by Crippen LogP contribution is 2.30. The van der Waals surface area contributed by atoms with E-state index in [1.807, 2.05) is 0 Å². The molecule has 0 aliphatic carbocycles. The van der Waals surface area contributed by atoms with Crippen LogP contribution in [0.5, 0.6) is 17.2 Å². The van der Waals surface area contributed by atoms with Gasteiger partial charge in [0, 0.05) is 53.4 Å². The zero-order valence-electron chi connectivity index (χ0n) is 15.5. The minimum atomic E-state index is 0.313. The number of rotatable bonds is 4. The molecule has 1 rings (SSSR count). The van der Waals surface area contributed by atoms with Crippen LogP contribution in [0.25, 0.3) is 0 Å². The summed E-state index contributed by atoms with van der Waals surface area (Å²) in [7, 11) is 1.44. The van der Waals surface area contributed by atoms with Crippen molar-refractivity contribution in [1.29, 1.82) is 0 Å². The monoisotopic (exact) mass is 384 g/mol. The van der Waals surface area contributed by atoms with Crippen LogP contribution < -0.4 is 14.2 Å². The minimum Gasteiger partial charge on any atom is -0.493 e. The fraction of sp³-hybridized carbons (Fsp3) is 0.0385. The Bertz CT molecular complexity index is 1340. The Balaban J connectivity index is 2.55. The summed E-state index contributed by atoms with van der Waals surface area (Å²) in [6, 6.07) is 4.56. The molecule has 0 atom stereocenters. The molecular formula is C26H8O4. The summed E-state index contributed by atoms with van der Waals surface area (Å²) in [4.78, 5) is 10.3. The summed E-state index contributed by atoms with van der Waals surface area (Å²) in [5.74, 6) is 40.0. The molecule has 30 heavy (non-hydrogen) atoms. The van der Waals surface area contributed by atoms with Gasteiger partial charge in [0.25, 0.3) is 6.47 Å². The van der Waals surface area contributed by atoms with Crippen LogP contribution in [0.2, 0.25) is 0 Å². The molecule has 1 aromatic rings. The van der Waals surface area contributed by atoms with Crippen molar-refractivity contribution in [3.8, 4) is 125 Å². The third-order valence-electron chi connectivity index (χ3n) is 2.48. The SMILES string of the molecule is C#CC#CC#CC#CC#CC#CC#CC#CC#COc1ccc(OC=O)cc1OC. The van der Waals surface area contributed by atoms with Gasteiger partial charge in [0.1, 0.15) is 11.9 Å². The van der Waals surface area contributed by atoms with E-state index in [1.54, 1.807) is 6.07 Å². The Morgan fingerprint density at radius 1 is 0.733 bits per heavy atom.